The Morgan fingerprint density at radius 2 is 2.16 bits per heavy atom. The van der Waals surface area contributed by atoms with E-state index in [2.05, 4.69) is 23.2 Å². The number of rotatable bonds is 4. The lowest BCUT2D eigenvalue weighted by atomic mass is 10.1. The van der Waals surface area contributed by atoms with Gasteiger partial charge in [-0.2, -0.15) is 0 Å². The van der Waals surface area contributed by atoms with E-state index in [0.717, 1.165) is 44.2 Å². The van der Waals surface area contributed by atoms with Crippen molar-refractivity contribution < 1.29 is 9.47 Å². The Morgan fingerprint density at radius 1 is 1.32 bits per heavy atom. The summed E-state index contributed by atoms with van der Waals surface area (Å²) in [5.74, 6) is 2.43. The molecule has 1 aliphatic rings. The standard InChI is InChI=1S/C15H24N2O2/c1-12-9-16-6-7-17(10-12)11-13-4-5-14(18-2)8-15(13)19-3/h4-5,8,12,16H,6-7,9-11H2,1-3H3. The summed E-state index contributed by atoms with van der Waals surface area (Å²) in [7, 11) is 3.39. The number of benzene rings is 1. The van der Waals surface area contributed by atoms with Gasteiger partial charge in [-0.15, -0.1) is 0 Å². The van der Waals surface area contributed by atoms with Crippen LogP contribution in [0.4, 0.5) is 0 Å². The second-order valence-corrected chi connectivity index (χ2v) is 5.22. The smallest absolute Gasteiger partial charge is 0.127 e. The molecule has 0 radical (unpaired) electrons. The van der Waals surface area contributed by atoms with Crippen LogP contribution in [0.1, 0.15) is 12.5 Å². The minimum absolute atomic E-state index is 0.687. The Labute approximate surface area is 115 Å². The van der Waals surface area contributed by atoms with Gasteiger partial charge in [-0.3, -0.25) is 4.90 Å². The second-order valence-electron chi connectivity index (χ2n) is 5.22. The van der Waals surface area contributed by atoms with Crippen molar-refractivity contribution in [2.24, 2.45) is 5.92 Å². The predicted octanol–water partition coefficient (Wildman–Crippen LogP) is 1.75. The molecule has 4 heteroatoms. The first-order valence-electron chi connectivity index (χ1n) is 6.87. The summed E-state index contributed by atoms with van der Waals surface area (Å²) in [6.07, 6.45) is 0. The molecule has 106 valence electrons. The van der Waals surface area contributed by atoms with Gasteiger partial charge < -0.3 is 14.8 Å². The van der Waals surface area contributed by atoms with E-state index in [1.54, 1.807) is 14.2 Å². The van der Waals surface area contributed by atoms with Crippen molar-refractivity contribution in [2.45, 2.75) is 13.5 Å². The third-order valence-electron chi connectivity index (χ3n) is 3.56. The molecule has 19 heavy (non-hydrogen) atoms. The maximum Gasteiger partial charge on any atom is 0.127 e. The molecule has 1 heterocycles. The van der Waals surface area contributed by atoms with Gasteiger partial charge in [0.2, 0.25) is 0 Å². The van der Waals surface area contributed by atoms with Crippen LogP contribution in [0, 0.1) is 5.92 Å². The lowest BCUT2D eigenvalue weighted by molar-refractivity contribution is 0.252. The van der Waals surface area contributed by atoms with E-state index in [9.17, 15) is 0 Å². The van der Waals surface area contributed by atoms with E-state index in [4.69, 9.17) is 9.47 Å². The minimum Gasteiger partial charge on any atom is -0.497 e. The molecule has 1 saturated heterocycles. The van der Waals surface area contributed by atoms with Crippen LogP contribution in [0.5, 0.6) is 11.5 Å². The molecule has 0 amide bonds. The second kappa shape index (κ2) is 6.78. The molecule has 0 saturated carbocycles. The highest BCUT2D eigenvalue weighted by atomic mass is 16.5. The van der Waals surface area contributed by atoms with Crippen LogP contribution in [0.25, 0.3) is 0 Å². The van der Waals surface area contributed by atoms with Gasteiger partial charge in [-0.25, -0.2) is 0 Å². The zero-order chi connectivity index (χ0) is 13.7. The van der Waals surface area contributed by atoms with Crippen molar-refractivity contribution in [3.8, 4) is 11.5 Å². The first kappa shape index (κ1) is 14.2. The van der Waals surface area contributed by atoms with E-state index < -0.39 is 0 Å². The molecule has 0 spiro atoms. The third-order valence-corrected chi connectivity index (χ3v) is 3.56. The molecule has 1 unspecified atom stereocenters. The summed E-state index contributed by atoms with van der Waals surface area (Å²) in [5.41, 5.74) is 1.22. The lowest BCUT2D eigenvalue weighted by Gasteiger charge is -2.23. The van der Waals surface area contributed by atoms with Crippen LogP contribution in [0.3, 0.4) is 0 Å². The van der Waals surface area contributed by atoms with Crippen LogP contribution in [0.2, 0.25) is 0 Å². The van der Waals surface area contributed by atoms with Crippen LogP contribution >= 0.6 is 0 Å². The molecule has 1 aromatic carbocycles. The third kappa shape index (κ3) is 3.85. The quantitative estimate of drug-likeness (QED) is 0.898. The normalized spacial score (nSPS) is 20.9. The number of hydrogen-bond acceptors (Lipinski definition) is 4. The fourth-order valence-electron chi connectivity index (χ4n) is 2.55. The maximum atomic E-state index is 5.47. The zero-order valence-corrected chi connectivity index (χ0v) is 12.1. The molecular weight excluding hydrogens is 240 g/mol. The molecular formula is C15H24N2O2. The van der Waals surface area contributed by atoms with E-state index in [1.165, 1.54) is 5.56 Å². The highest BCUT2D eigenvalue weighted by Crippen LogP contribution is 2.26. The molecule has 2 rings (SSSR count). The molecule has 0 aliphatic carbocycles. The van der Waals surface area contributed by atoms with Gasteiger partial charge >= 0.3 is 0 Å². The molecule has 1 aromatic rings. The van der Waals surface area contributed by atoms with Crippen LogP contribution in [-0.2, 0) is 6.54 Å². The molecule has 1 N–H and O–H groups in total. The van der Waals surface area contributed by atoms with E-state index in [1.807, 2.05) is 12.1 Å². The van der Waals surface area contributed by atoms with Crippen LogP contribution in [0.15, 0.2) is 18.2 Å². The predicted molar refractivity (Wildman–Crippen MR) is 76.9 cm³/mol. The Kier molecular flexibility index (Phi) is 5.05. The summed E-state index contributed by atoms with van der Waals surface area (Å²) >= 11 is 0. The summed E-state index contributed by atoms with van der Waals surface area (Å²) in [6.45, 7) is 7.59. The van der Waals surface area contributed by atoms with Gasteiger partial charge in [0.15, 0.2) is 0 Å². The molecule has 1 fully saturated rings. The zero-order valence-electron chi connectivity index (χ0n) is 12.1. The van der Waals surface area contributed by atoms with Crippen molar-refractivity contribution in [3.63, 3.8) is 0 Å². The van der Waals surface area contributed by atoms with Crippen molar-refractivity contribution in [1.29, 1.82) is 0 Å². The lowest BCUT2D eigenvalue weighted by Crippen LogP contribution is -2.29. The van der Waals surface area contributed by atoms with Crippen molar-refractivity contribution in [2.75, 3.05) is 40.4 Å². The van der Waals surface area contributed by atoms with E-state index in [0.29, 0.717) is 5.92 Å². The van der Waals surface area contributed by atoms with Gasteiger partial charge in [-0.05, 0) is 18.5 Å². The van der Waals surface area contributed by atoms with Crippen molar-refractivity contribution >= 4 is 0 Å². The largest absolute Gasteiger partial charge is 0.497 e. The van der Waals surface area contributed by atoms with E-state index >= 15 is 0 Å². The van der Waals surface area contributed by atoms with E-state index in [-0.39, 0.29) is 0 Å². The molecule has 1 aliphatic heterocycles. The van der Waals surface area contributed by atoms with Crippen LogP contribution < -0.4 is 14.8 Å². The summed E-state index contributed by atoms with van der Waals surface area (Å²) in [4.78, 5) is 2.48. The summed E-state index contributed by atoms with van der Waals surface area (Å²) in [5, 5.41) is 3.47. The number of methoxy groups -OCH3 is 2. The fourth-order valence-corrected chi connectivity index (χ4v) is 2.55. The highest BCUT2D eigenvalue weighted by Gasteiger charge is 2.16. The average Bonchev–Trinajstić information content (AvgIpc) is 2.63. The Hall–Kier alpha value is -1.26. The molecule has 0 aromatic heterocycles. The number of hydrogen-bond donors (Lipinski definition) is 1. The minimum atomic E-state index is 0.687. The van der Waals surface area contributed by atoms with Crippen molar-refractivity contribution in [1.82, 2.24) is 10.2 Å². The topological polar surface area (TPSA) is 33.7 Å². The summed E-state index contributed by atoms with van der Waals surface area (Å²) < 4.78 is 10.7. The SMILES string of the molecule is COc1ccc(CN2CCNCC(C)C2)c(OC)c1. The Balaban J connectivity index is 2.08. The fraction of sp³-hybridized carbons (Fsp3) is 0.600. The first-order valence-corrected chi connectivity index (χ1v) is 6.87. The Morgan fingerprint density at radius 3 is 2.89 bits per heavy atom. The number of ether oxygens (including phenoxy) is 2. The average molecular weight is 264 g/mol. The van der Waals surface area contributed by atoms with Crippen LogP contribution in [-0.4, -0.2) is 45.3 Å². The first-order chi connectivity index (χ1) is 9.22. The van der Waals surface area contributed by atoms with Gasteiger partial charge in [-0.1, -0.05) is 13.0 Å². The van der Waals surface area contributed by atoms with Gasteiger partial charge in [0.1, 0.15) is 11.5 Å². The van der Waals surface area contributed by atoms with Gasteiger partial charge in [0.05, 0.1) is 14.2 Å². The maximum absolute atomic E-state index is 5.47. The van der Waals surface area contributed by atoms with Gasteiger partial charge in [0, 0.05) is 37.8 Å². The number of nitrogens with one attached hydrogen (secondary N) is 1. The van der Waals surface area contributed by atoms with Crippen molar-refractivity contribution in [3.05, 3.63) is 23.8 Å². The van der Waals surface area contributed by atoms with Gasteiger partial charge in [0.25, 0.3) is 0 Å². The Bertz CT molecular complexity index is 409. The molecule has 0 bridgehead atoms. The number of nitrogens with zero attached hydrogens (tertiary/aromatic N) is 1. The molecule has 1 atom stereocenters. The summed E-state index contributed by atoms with van der Waals surface area (Å²) in [6, 6.07) is 6.05. The highest BCUT2D eigenvalue weighted by molar-refractivity contribution is 5.40. The molecule has 4 nitrogen and oxygen atoms in total. The monoisotopic (exact) mass is 264 g/mol.